The third-order valence-electron chi connectivity index (χ3n) is 10.1. The number of anilines is 3. The van der Waals surface area contributed by atoms with Crippen molar-refractivity contribution in [2.45, 2.75) is 56.8 Å². The van der Waals surface area contributed by atoms with Crippen molar-refractivity contribution >= 4 is 28.4 Å². The molecule has 3 aromatic heterocycles. The van der Waals surface area contributed by atoms with E-state index >= 15 is 0 Å². The number of benzene rings is 1. The van der Waals surface area contributed by atoms with E-state index in [-0.39, 0.29) is 17.5 Å². The molecule has 1 spiro atoms. The molecule has 3 aliphatic heterocycles. The van der Waals surface area contributed by atoms with Crippen molar-refractivity contribution in [2.24, 2.45) is 5.41 Å². The zero-order valence-electron chi connectivity index (χ0n) is 23.4. The van der Waals surface area contributed by atoms with Crippen LogP contribution < -0.4 is 15.8 Å². The van der Waals surface area contributed by atoms with Crippen LogP contribution in [0.2, 0.25) is 0 Å². The van der Waals surface area contributed by atoms with E-state index in [1.54, 1.807) is 21.6 Å². The summed E-state index contributed by atoms with van der Waals surface area (Å²) in [6, 6.07) is 13.6. The highest BCUT2D eigenvalue weighted by Gasteiger charge is 2.62. The van der Waals surface area contributed by atoms with Crippen molar-refractivity contribution in [3.8, 4) is 5.82 Å². The van der Waals surface area contributed by atoms with E-state index < -0.39 is 5.60 Å². The van der Waals surface area contributed by atoms with E-state index in [0.717, 1.165) is 43.6 Å². The quantitative estimate of drug-likeness (QED) is 0.353. The SMILES string of the molecule is C=CCn1c(=O)c2cnc(Nc3ccc(N4CC5CC(C4)N5C)cc3)nc2n1-c1ccc2c(n1)C(C)(O)C1(CC1)C2. The molecule has 210 valence electrons. The third kappa shape index (κ3) is 3.56. The highest BCUT2D eigenvalue weighted by atomic mass is 16.3. The number of nitrogens with zero attached hydrogens (tertiary/aromatic N) is 7. The molecular weight excluding hydrogens is 516 g/mol. The Hall–Kier alpha value is -4.02. The molecular formula is C31H34N8O2. The van der Waals surface area contributed by atoms with Gasteiger partial charge in [-0.2, -0.15) is 4.98 Å². The molecule has 1 aromatic carbocycles. The van der Waals surface area contributed by atoms with Gasteiger partial charge in [-0.05, 0) is 75.5 Å². The number of fused-ring (bicyclic) bond motifs is 4. The molecule has 9 rings (SSSR count). The van der Waals surface area contributed by atoms with Crippen LogP contribution in [-0.4, -0.2) is 66.5 Å². The maximum absolute atomic E-state index is 13.4. The molecule has 0 radical (unpaired) electrons. The summed E-state index contributed by atoms with van der Waals surface area (Å²) in [4.78, 5) is 32.5. The summed E-state index contributed by atoms with van der Waals surface area (Å²) in [5.41, 5.74) is 2.98. The van der Waals surface area contributed by atoms with Gasteiger partial charge in [0.05, 0.1) is 12.2 Å². The first-order valence-electron chi connectivity index (χ1n) is 14.4. The number of allylic oxidation sites excluding steroid dienone is 1. The largest absolute Gasteiger partial charge is 0.383 e. The van der Waals surface area contributed by atoms with E-state index in [1.807, 2.05) is 31.2 Å². The van der Waals surface area contributed by atoms with Gasteiger partial charge in [-0.25, -0.2) is 19.3 Å². The summed E-state index contributed by atoms with van der Waals surface area (Å²) < 4.78 is 3.29. The monoisotopic (exact) mass is 550 g/mol. The van der Waals surface area contributed by atoms with Crippen molar-refractivity contribution in [2.75, 3.05) is 30.4 Å². The smallest absolute Gasteiger partial charge is 0.278 e. The third-order valence-corrected chi connectivity index (χ3v) is 10.1. The van der Waals surface area contributed by atoms with Crippen molar-refractivity contribution < 1.29 is 5.11 Å². The molecule has 3 saturated heterocycles. The molecule has 2 aliphatic carbocycles. The number of rotatable bonds is 6. The van der Waals surface area contributed by atoms with Gasteiger partial charge in [0, 0.05) is 48.2 Å². The van der Waals surface area contributed by atoms with Crippen molar-refractivity contribution in [3.63, 3.8) is 0 Å². The molecule has 41 heavy (non-hydrogen) atoms. The number of pyridine rings is 1. The van der Waals surface area contributed by atoms with Crippen LogP contribution in [0.4, 0.5) is 17.3 Å². The van der Waals surface area contributed by atoms with E-state index in [1.165, 1.54) is 12.1 Å². The van der Waals surface area contributed by atoms with Gasteiger partial charge >= 0.3 is 0 Å². The maximum atomic E-state index is 13.4. The average molecular weight is 551 g/mol. The minimum atomic E-state index is -0.997. The lowest BCUT2D eigenvalue weighted by Gasteiger charge is -2.55. The second-order valence-corrected chi connectivity index (χ2v) is 12.4. The fourth-order valence-electron chi connectivity index (χ4n) is 7.26. The van der Waals surface area contributed by atoms with E-state index in [0.29, 0.717) is 40.6 Å². The van der Waals surface area contributed by atoms with Gasteiger partial charge in [0.2, 0.25) is 5.95 Å². The summed E-state index contributed by atoms with van der Waals surface area (Å²) >= 11 is 0. The van der Waals surface area contributed by atoms with E-state index in [9.17, 15) is 9.90 Å². The molecule has 10 nitrogen and oxygen atoms in total. The normalized spacial score (nSPS) is 25.8. The number of aliphatic hydroxyl groups is 1. The van der Waals surface area contributed by atoms with Crippen LogP contribution in [0.15, 0.2) is 60.0 Å². The molecule has 3 unspecified atom stereocenters. The number of nitrogens with one attached hydrogen (secondary N) is 1. The Labute approximate surface area is 237 Å². The summed E-state index contributed by atoms with van der Waals surface area (Å²) in [6.45, 7) is 8.12. The first-order chi connectivity index (χ1) is 19.8. The fourth-order valence-corrected chi connectivity index (χ4v) is 7.26. The lowest BCUT2D eigenvalue weighted by atomic mass is 9.88. The van der Waals surface area contributed by atoms with Gasteiger partial charge in [0.15, 0.2) is 11.5 Å². The van der Waals surface area contributed by atoms with Gasteiger partial charge in [-0.3, -0.25) is 9.69 Å². The van der Waals surface area contributed by atoms with Gasteiger partial charge in [0.25, 0.3) is 5.56 Å². The lowest BCUT2D eigenvalue weighted by molar-refractivity contribution is -0.0102. The zero-order valence-corrected chi connectivity index (χ0v) is 23.4. The molecule has 6 heterocycles. The molecule has 4 aromatic rings. The Morgan fingerprint density at radius 3 is 2.56 bits per heavy atom. The molecule has 5 aliphatic rings. The zero-order chi connectivity index (χ0) is 28.1. The first kappa shape index (κ1) is 24.8. The minimum absolute atomic E-state index is 0.111. The van der Waals surface area contributed by atoms with Gasteiger partial charge in [0.1, 0.15) is 11.0 Å². The number of likely N-dealkylation sites (N-methyl/N-ethyl adjacent to an activating group) is 1. The standard InChI is InChI=1S/C31H34N8O2/c1-4-13-38-28(40)24-16-32-29(33-20-6-8-21(9-7-20)37-17-22-14-23(18-37)36(22)3)35-27(24)39(38)25-10-5-19-15-31(11-12-31)30(2,41)26(19)34-25/h4-10,16,22-23,41H,1,11-15,17-18H2,2-3H3,(H,32,33,35). The minimum Gasteiger partial charge on any atom is -0.383 e. The summed E-state index contributed by atoms with van der Waals surface area (Å²) in [6.07, 6.45) is 7.37. The Balaban J connectivity index is 1.13. The average Bonchev–Trinajstić information content (AvgIpc) is 3.68. The number of aromatic nitrogens is 5. The van der Waals surface area contributed by atoms with Crippen LogP contribution in [0.25, 0.3) is 16.9 Å². The van der Waals surface area contributed by atoms with Crippen LogP contribution in [0.5, 0.6) is 0 Å². The fraction of sp³-hybridized carbons (Fsp3) is 0.419. The van der Waals surface area contributed by atoms with Crippen LogP contribution in [0.1, 0.15) is 37.4 Å². The van der Waals surface area contributed by atoms with Gasteiger partial charge < -0.3 is 15.3 Å². The molecule has 0 amide bonds. The topological polar surface area (TPSA) is 104 Å². The van der Waals surface area contributed by atoms with Crippen LogP contribution >= 0.6 is 0 Å². The van der Waals surface area contributed by atoms with E-state index in [4.69, 9.17) is 9.97 Å². The molecule has 2 N–H and O–H groups in total. The number of hydrogen-bond acceptors (Lipinski definition) is 8. The predicted molar refractivity (Wildman–Crippen MR) is 158 cm³/mol. The van der Waals surface area contributed by atoms with Crippen LogP contribution in [0, 0.1) is 5.41 Å². The van der Waals surface area contributed by atoms with Crippen molar-refractivity contribution in [1.29, 1.82) is 0 Å². The highest BCUT2D eigenvalue weighted by molar-refractivity contribution is 5.77. The number of piperazine rings is 1. The van der Waals surface area contributed by atoms with Crippen LogP contribution in [0.3, 0.4) is 0 Å². The molecule has 4 fully saturated rings. The van der Waals surface area contributed by atoms with Crippen molar-refractivity contribution in [3.05, 3.63) is 76.9 Å². The molecule has 1 saturated carbocycles. The van der Waals surface area contributed by atoms with Gasteiger partial charge in [-0.15, -0.1) is 6.58 Å². The van der Waals surface area contributed by atoms with E-state index in [2.05, 4.69) is 45.9 Å². The lowest BCUT2D eigenvalue weighted by Crippen LogP contribution is -2.67. The molecule has 10 heteroatoms. The molecule has 2 bridgehead atoms. The summed E-state index contributed by atoms with van der Waals surface area (Å²) in [5, 5.41) is 15.1. The predicted octanol–water partition coefficient (Wildman–Crippen LogP) is 3.34. The van der Waals surface area contributed by atoms with Gasteiger partial charge in [-0.1, -0.05) is 12.1 Å². The first-order valence-corrected chi connectivity index (χ1v) is 14.4. The second kappa shape index (κ2) is 8.50. The number of piperidine rings is 1. The second-order valence-electron chi connectivity index (χ2n) is 12.4. The van der Waals surface area contributed by atoms with Crippen molar-refractivity contribution in [1.82, 2.24) is 29.2 Å². The summed E-state index contributed by atoms with van der Waals surface area (Å²) in [7, 11) is 2.22. The molecule has 3 atom stereocenters. The Bertz CT molecular complexity index is 1760. The Morgan fingerprint density at radius 2 is 1.88 bits per heavy atom. The Kier molecular flexibility index (Phi) is 5.13. The highest BCUT2D eigenvalue weighted by Crippen LogP contribution is 2.64. The van der Waals surface area contributed by atoms with Crippen LogP contribution in [-0.2, 0) is 18.6 Å². The number of hydrogen-bond donors (Lipinski definition) is 2. The summed E-state index contributed by atoms with van der Waals surface area (Å²) in [5.74, 6) is 0.926. The maximum Gasteiger partial charge on any atom is 0.278 e. The Morgan fingerprint density at radius 1 is 1.12 bits per heavy atom.